The third-order valence-electron chi connectivity index (χ3n) is 1.08. The van der Waals surface area contributed by atoms with Crippen molar-refractivity contribution in [3.8, 4) is 0 Å². The monoisotopic (exact) mass is 218 g/mol. The molecule has 0 rings (SSSR count). The molecule has 0 aliphatic rings. The van der Waals surface area contributed by atoms with Gasteiger partial charge in [-0.2, -0.15) is 0 Å². The van der Waals surface area contributed by atoms with Gasteiger partial charge in [-0.3, -0.25) is 0 Å². The fourth-order valence-corrected chi connectivity index (χ4v) is 1.43. The number of hydrogen-bond acceptors (Lipinski definition) is 0. The van der Waals surface area contributed by atoms with Gasteiger partial charge >= 0.3 is 52.4 Å². The van der Waals surface area contributed by atoms with Crippen molar-refractivity contribution < 1.29 is 2.86 Å². The normalized spacial score (nSPS) is 16.3. The van der Waals surface area contributed by atoms with Gasteiger partial charge in [0, 0.05) is 0 Å². The maximum absolute atomic E-state index is 12.3. The summed E-state index contributed by atoms with van der Waals surface area (Å²) in [6.45, 7) is 4.03. The van der Waals surface area contributed by atoms with Crippen molar-refractivity contribution in [2.24, 2.45) is 0 Å². The maximum atomic E-state index is 12.3. The molecule has 0 heterocycles. The number of alkyl halides is 2. The van der Waals surface area contributed by atoms with Crippen molar-refractivity contribution in [2.75, 3.05) is 4.93 Å². The number of halogens is 2. The van der Waals surface area contributed by atoms with Crippen molar-refractivity contribution in [1.82, 2.24) is 0 Å². The van der Waals surface area contributed by atoms with Crippen LogP contribution in [0.2, 0.25) is 0 Å². The van der Waals surface area contributed by atoms with E-state index in [0.29, 0.717) is 3.92 Å². The van der Waals surface area contributed by atoms with Crippen LogP contribution >= 0.6 is 20.4 Å². The van der Waals surface area contributed by atoms with Crippen LogP contribution < -0.4 is 0 Å². The second-order valence-electron chi connectivity index (χ2n) is 1.63. The Morgan fingerprint density at radius 2 is 2.14 bits per heavy atom. The van der Waals surface area contributed by atoms with Crippen molar-refractivity contribution in [1.29, 1.82) is 0 Å². The summed E-state index contributed by atoms with van der Waals surface area (Å²) in [6.07, 6.45) is 1.01. The van der Waals surface area contributed by atoms with Crippen LogP contribution in [-0.4, -0.2) is 8.86 Å². The predicted octanol–water partition coefficient (Wildman–Crippen LogP) is 2.81. The first-order valence-electron chi connectivity index (χ1n) is 2.43. The molecule has 0 saturated carbocycles. The zero-order valence-corrected chi connectivity index (χ0v) is 7.20. The SMILES string of the molecule is CCC(C)I(C)F. The molecule has 0 aliphatic carbocycles. The van der Waals surface area contributed by atoms with Crippen molar-refractivity contribution >= 4 is 20.4 Å². The Labute approximate surface area is 52.7 Å². The molecular formula is C5H12FI. The van der Waals surface area contributed by atoms with Gasteiger partial charge in [-0.15, -0.1) is 0 Å². The number of rotatable bonds is 2. The van der Waals surface area contributed by atoms with Crippen molar-refractivity contribution in [2.45, 2.75) is 24.2 Å². The van der Waals surface area contributed by atoms with Crippen LogP contribution in [0.1, 0.15) is 20.3 Å². The zero-order chi connectivity index (χ0) is 5.86. The summed E-state index contributed by atoms with van der Waals surface area (Å²) >= 11 is -1.91. The average molecular weight is 218 g/mol. The van der Waals surface area contributed by atoms with Gasteiger partial charge in [-0.25, -0.2) is 0 Å². The summed E-state index contributed by atoms with van der Waals surface area (Å²) < 4.78 is 12.6. The third-order valence-corrected chi connectivity index (χ3v) is 4.89. The van der Waals surface area contributed by atoms with Gasteiger partial charge in [-0.05, 0) is 0 Å². The van der Waals surface area contributed by atoms with Crippen LogP contribution in [0.4, 0.5) is 2.86 Å². The Morgan fingerprint density at radius 3 is 2.14 bits per heavy atom. The molecule has 0 saturated heterocycles. The van der Waals surface area contributed by atoms with Gasteiger partial charge in [0.05, 0.1) is 0 Å². The quantitative estimate of drug-likeness (QED) is 0.493. The fraction of sp³-hybridized carbons (Fsp3) is 1.00. The van der Waals surface area contributed by atoms with E-state index in [1.165, 1.54) is 0 Å². The van der Waals surface area contributed by atoms with E-state index in [1.54, 1.807) is 4.93 Å². The molecule has 0 bridgehead atoms. The molecule has 0 nitrogen and oxygen atoms in total. The standard InChI is InChI=1S/C5H12FI/c1-4-5(2)7(3)6/h5H,4H2,1-3H3. The Bertz CT molecular complexity index is 45.3. The van der Waals surface area contributed by atoms with Crippen LogP contribution in [0.15, 0.2) is 0 Å². The Balaban J connectivity index is 3.14. The van der Waals surface area contributed by atoms with Crippen LogP contribution in [0.3, 0.4) is 0 Å². The molecule has 7 heavy (non-hydrogen) atoms. The van der Waals surface area contributed by atoms with Gasteiger partial charge in [-0.1, -0.05) is 0 Å². The van der Waals surface area contributed by atoms with E-state index >= 15 is 0 Å². The summed E-state index contributed by atoms with van der Waals surface area (Å²) in [6, 6.07) is 0. The molecule has 0 spiro atoms. The average Bonchev–Trinajstić information content (AvgIpc) is 1.65. The van der Waals surface area contributed by atoms with Crippen molar-refractivity contribution in [3.05, 3.63) is 0 Å². The molecule has 0 aromatic heterocycles. The fourth-order valence-electron chi connectivity index (χ4n) is 0.213. The second kappa shape index (κ2) is 3.64. The van der Waals surface area contributed by atoms with Gasteiger partial charge < -0.3 is 0 Å². The second-order valence-corrected chi connectivity index (χ2v) is 6.29. The van der Waals surface area contributed by atoms with E-state index in [4.69, 9.17) is 0 Å². The molecule has 46 valence electrons. The molecule has 0 aliphatic heterocycles. The predicted molar refractivity (Wildman–Crippen MR) is 40.8 cm³/mol. The van der Waals surface area contributed by atoms with Crippen LogP contribution in [0.5, 0.6) is 0 Å². The first-order valence-corrected chi connectivity index (χ1v) is 6.65. The van der Waals surface area contributed by atoms with E-state index in [-0.39, 0.29) is 0 Å². The Kier molecular flexibility index (Phi) is 3.98. The molecule has 1 unspecified atom stereocenters. The van der Waals surface area contributed by atoms with Crippen LogP contribution in [-0.2, 0) is 0 Å². The first kappa shape index (κ1) is 7.66. The van der Waals surface area contributed by atoms with E-state index in [0.717, 1.165) is 6.42 Å². The summed E-state index contributed by atoms with van der Waals surface area (Å²) in [7, 11) is 0. The van der Waals surface area contributed by atoms with E-state index in [1.807, 2.05) is 13.8 Å². The minimum absolute atomic E-state index is 0.393. The molecule has 1 atom stereocenters. The molecule has 2 heteroatoms. The van der Waals surface area contributed by atoms with Crippen LogP contribution in [0.25, 0.3) is 0 Å². The van der Waals surface area contributed by atoms with Crippen molar-refractivity contribution in [3.63, 3.8) is 0 Å². The molecule has 0 radical (unpaired) electrons. The van der Waals surface area contributed by atoms with Gasteiger partial charge in [0.25, 0.3) is 0 Å². The molecule has 0 fully saturated rings. The number of hydrogen-bond donors (Lipinski definition) is 0. The molecular weight excluding hydrogens is 206 g/mol. The van der Waals surface area contributed by atoms with E-state index in [9.17, 15) is 2.86 Å². The van der Waals surface area contributed by atoms with E-state index in [2.05, 4.69) is 0 Å². The summed E-state index contributed by atoms with van der Waals surface area (Å²) in [5, 5.41) is 0. The van der Waals surface area contributed by atoms with Crippen LogP contribution in [0, 0.1) is 0 Å². The molecule has 0 aromatic carbocycles. The minimum atomic E-state index is -1.91. The van der Waals surface area contributed by atoms with Gasteiger partial charge in [0.1, 0.15) is 0 Å². The molecule has 0 amide bonds. The summed E-state index contributed by atoms with van der Waals surface area (Å²) in [4.78, 5) is 1.76. The Morgan fingerprint density at radius 1 is 1.71 bits per heavy atom. The first-order chi connectivity index (χ1) is 3.18. The zero-order valence-electron chi connectivity index (χ0n) is 5.04. The topological polar surface area (TPSA) is 0 Å². The molecule has 0 N–H and O–H groups in total. The summed E-state index contributed by atoms with van der Waals surface area (Å²) in [5.74, 6) is 0. The van der Waals surface area contributed by atoms with Gasteiger partial charge in [0.15, 0.2) is 0 Å². The molecule has 0 aromatic rings. The summed E-state index contributed by atoms with van der Waals surface area (Å²) in [5.41, 5.74) is 0. The third kappa shape index (κ3) is 3.26. The van der Waals surface area contributed by atoms with E-state index < -0.39 is 20.4 Å². The van der Waals surface area contributed by atoms with Gasteiger partial charge in [0.2, 0.25) is 0 Å². The Hall–Kier alpha value is 0.660.